The zero-order chi connectivity index (χ0) is 14.0. The largest absolute Gasteiger partial charge is 0.485 e. The monoisotopic (exact) mass is 340 g/mol. The lowest BCUT2D eigenvalue weighted by Crippen LogP contribution is -2.11. The van der Waals surface area contributed by atoms with Gasteiger partial charge in [-0.3, -0.25) is 0 Å². The van der Waals surface area contributed by atoms with E-state index in [0.29, 0.717) is 12.3 Å². The molecule has 3 nitrogen and oxygen atoms in total. The van der Waals surface area contributed by atoms with E-state index >= 15 is 0 Å². The maximum absolute atomic E-state index is 5.81. The van der Waals surface area contributed by atoms with E-state index in [4.69, 9.17) is 10.5 Å². The second kappa shape index (κ2) is 5.51. The molecule has 2 aromatic rings. The summed E-state index contributed by atoms with van der Waals surface area (Å²) in [6.45, 7) is 6.92. The van der Waals surface area contributed by atoms with Gasteiger partial charge in [0.1, 0.15) is 17.4 Å². The average Bonchev–Trinajstić information content (AvgIpc) is 2.79. The highest BCUT2D eigenvalue weighted by Gasteiger charge is 2.17. The third-order valence-electron chi connectivity index (χ3n) is 2.66. The van der Waals surface area contributed by atoms with Crippen molar-refractivity contribution in [2.24, 2.45) is 0 Å². The average molecular weight is 341 g/mol. The molecular weight excluding hydrogens is 324 g/mol. The summed E-state index contributed by atoms with van der Waals surface area (Å²) in [4.78, 5) is 4.60. The lowest BCUT2D eigenvalue weighted by atomic mass is 9.93. The summed E-state index contributed by atoms with van der Waals surface area (Å²) in [6, 6.07) is 5.59. The van der Waals surface area contributed by atoms with Crippen molar-refractivity contribution in [2.45, 2.75) is 32.8 Å². The van der Waals surface area contributed by atoms with Crippen molar-refractivity contribution in [1.82, 2.24) is 4.98 Å². The molecule has 5 heteroatoms. The Kier molecular flexibility index (Phi) is 4.16. The molecule has 0 aliphatic carbocycles. The molecule has 19 heavy (non-hydrogen) atoms. The van der Waals surface area contributed by atoms with E-state index in [9.17, 15) is 0 Å². The van der Waals surface area contributed by atoms with E-state index in [1.165, 1.54) is 0 Å². The second-order valence-corrected chi connectivity index (χ2v) is 7.06. The fourth-order valence-electron chi connectivity index (χ4n) is 1.50. The van der Waals surface area contributed by atoms with E-state index in [1.807, 2.05) is 18.2 Å². The van der Waals surface area contributed by atoms with Gasteiger partial charge in [0.2, 0.25) is 0 Å². The van der Waals surface area contributed by atoms with Gasteiger partial charge in [-0.15, -0.1) is 11.3 Å². The molecule has 0 spiro atoms. The number of anilines is 1. The molecule has 0 unspecified atom stereocenters. The number of aromatic nitrogens is 1. The van der Waals surface area contributed by atoms with Crippen molar-refractivity contribution in [3.63, 3.8) is 0 Å². The van der Waals surface area contributed by atoms with Gasteiger partial charge in [-0.1, -0.05) is 26.8 Å². The van der Waals surface area contributed by atoms with Crippen LogP contribution in [0.15, 0.2) is 28.1 Å². The van der Waals surface area contributed by atoms with Gasteiger partial charge < -0.3 is 10.5 Å². The molecule has 0 aliphatic rings. The molecule has 2 N–H and O–H groups in total. The Balaban J connectivity index is 2.07. The normalized spacial score (nSPS) is 11.6. The summed E-state index contributed by atoms with van der Waals surface area (Å²) < 4.78 is 6.54. The van der Waals surface area contributed by atoms with E-state index < -0.39 is 0 Å². The van der Waals surface area contributed by atoms with Crippen molar-refractivity contribution in [2.75, 3.05) is 5.73 Å². The number of nitrogens with two attached hydrogens (primary N) is 1. The van der Waals surface area contributed by atoms with E-state index in [1.54, 1.807) is 11.3 Å². The quantitative estimate of drug-likeness (QED) is 0.844. The molecular formula is C14H17BrN2OS. The highest BCUT2D eigenvalue weighted by molar-refractivity contribution is 9.10. The zero-order valence-electron chi connectivity index (χ0n) is 11.2. The van der Waals surface area contributed by atoms with Crippen LogP contribution >= 0.6 is 27.3 Å². The fraction of sp³-hybridized carbons (Fsp3) is 0.357. The molecule has 0 bridgehead atoms. The lowest BCUT2D eigenvalue weighted by molar-refractivity contribution is 0.303. The Morgan fingerprint density at radius 2 is 2.11 bits per heavy atom. The van der Waals surface area contributed by atoms with Crippen LogP contribution in [0.1, 0.15) is 31.5 Å². The highest BCUT2D eigenvalue weighted by atomic mass is 79.9. The van der Waals surface area contributed by atoms with Crippen LogP contribution in [0.25, 0.3) is 0 Å². The Hall–Kier alpha value is -1.07. The summed E-state index contributed by atoms with van der Waals surface area (Å²) in [5.41, 5.74) is 7.66. The number of nitrogens with zero attached hydrogens (tertiary/aromatic N) is 1. The van der Waals surface area contributed by atoms with Crippen molar-refractivity contribution in [3.05, 3.63) is 38.8 Å². The van der Waals surface area contributed by atoms with Crippen LogP contribution < -0.4 is 10.5 Å². The highest BCUT2D eigenvalue weighted by Crippen LogP contribution is 2.31. The first-order chi connectivity index (χ1) is 8.88. The zero-order valence-corrected chi connectivity index (χ0v) is 13.6. The molecule has 0 aliphatic heterocycles. The van der Waals surface area contributed by atoms with Crippen molar-refractivity contribution in [1.29, 1.82) is 0 Å². The molecule has 1 aromatic carbocycles. The van der Waals surface area contributed by atoms with E-state index in [-0.39, 0.29) is 5.41 Å². The van der Waals surface area contributed by atoms with Gasteiger partial charge in [-0.25, -0.2) is 4.98 Å². The number of benzene rings is 1. The number of hydrogen-bond donors (Lipinski definition) is 1. The van der Waals surface area contributed by atoms with Crippen LogP contribution in [0.5, 0.6) is 5.75 Å². The topological polar surface area (TPSA) is 48.1 Å². The van der Waals surface area contributed by atoms with Crippen LogP contribution in [0.2, 0.25) is 0 Å². The summed E-state index contributed by atoms with van der Waals surface area (Å²) in [6.07, 6.45) is 0. The van der Waals surface area contributed by atoms with Crippen LogP contribution in [0.3, 0.4) is 0 Å². The molecule has 102 valence electrons. The van der Waals surface area contributed by atoms with Crippen LogP contribution in [0, 0.1) is 0 Å². The first kappa shape index (κ1) is 14.3. The summed E-state index contributed by atoms with van der Waals surface area (Å²) in [5.74, 6) is 0.743. The van der Waals surface area contributed by atoms with Crippen LogP contribution in [0.4, 0.5) is 5.69 Å². The summed E-state index contributed by atoms with van der Waals surface area (Å²) in [7, 11) is 0. The third-order valence-corrected chi connectivity index (χ3v) is 4.34. The van der Waals surface area contributed by atoms with Crippen molar-refractivity contribution < 1.29 is 4.74 Å². The smallest absolute Gasteiger partial charge is 0.140 e. The molecule has 1 aromatic heterocycles. The Bertz CT molecular complexity index is 575. The molecule has 0 saturated carbocycles. The van der Waals surface area contributed by atoms with Gasteiger partial charge in [-0.2, -0.15) is 0 Å². The minimum Gasteiger partial charge on any atom is -0.485 e. The number of nitrogen functional groups attached to an aromatic ring is 1. The number of hydrogen-bond acceptors (Lipinski definition) is 4. The molecule has 1 heterocycles. The molecule has 0 amide bonds. The maximum atomic E-state index is 5.81. The Labute approximate surface area is 125 Å². The molecule has 2 rings (SSSR count). The number of halogens is 1. The van der Waals surface area contributed by atoms with Crippen molar-refractivity contribution in [3.8, 4) is 5.75 Å². The lowest BCUT2D eigenvalue weighted by Gasteiger charge is -2.14. The van der Waals surface area contributed by atoms with Gasteiger partial charge in [-0.05, 0) is 28.1 Å². The first-order valence-electron chi connectivity index (χ1n) is 5.99. The fourth-order valence-corrected chi connectivity index (χ4v) is 2.81. The van der Waals surface area contributed by atoms with Gasteiger partial charge >= 0.3 is 0 Å². The molecule has 0 radical (unpaired) electrons. The Morgan fingerprint density at radius 1 is 1.37 bits per heavy atom. The van der Waals surface area contributed by atoms with Crippen molar-refractivity contribution >= 4 is 33.0 Å². The van der Waals surface area contributed by atoms with Crippen LogP contribution in [-0.4, -0.2) is 4.98 Å². The minimum atomic E-state index is 0.0759. The number of rotatable bonds is 3. The maximum Gasteiger partial charge on any atom is 0.140 e. The van der Waals surface area contributed by atoms with Gasteiger partial charge in [0.05, 0.1) is 10.2 Å². The van der Waals surface area contributed by atoms with Gasteiger partial charge in [0.25, 0.3) is 0 Å². The number of thiazole rings is 1. The summed E-state index contributed by atoms with van der Waals surface area (Å²) >= 11 is 5.05. The van der Waals surface area contributed by atoms with Gasteiger partial charge in [0.15, 0.2) is 0 Å². The molecule has 0 fully saturated rings. The van der Waals surface area contributed by atoms with E-state index in [2.05, 4.69) is 47.1 Å². The SMILES string of the molecule is CC(C)(C)c1csc(COc2cccc(N)c2Br)n1. The van der Waals surface area contributed by atoms with Gasteiger partial charge in [0, 0.05) is 16.5 Å². The molecule has 0 saturated heterocycles. The second-order valence-electron chi connectivity index (χ2n) is 5.32. The summed E-state index contributed by atoms with van der Waals surface area (Å²) in [5, 5.41) is 3.06. The Morgan fingerprint density at radius 3 is 2.74 bits per heavy atom. The van der Waals surface area contributed by atoms with Crippen LogP contribution in [-0.2, 0) is 12.0 Å². The van der Waals surface area contributed by atoms with E-state index in [0.717, 1.165) is 20.9 Å². The number of ether oxygens (including phenoxy) is 1. The molecule has 0 atom stereocenters. The predicted octanol–water partition coefficient (Wildman–Crippen LogP) is 4.36. The standard InChI is InChI=1S/C14H17BrN2OS/c1-14(2,3)11-8-19-12(17-11)7-18-10-6-4-5-9(16)13(10)15/h4-6,8H,7,16H2,1-3H3. The first-order valence-corrected chi connectivity index (χ1v) is 7.67. The third kappa shape index (κ3) is 3.48. The predicted molar refractivity (Wildman–Crippen MR) is 83.7 cm³/mol. The minimum absolute atomic E-state index is 0.0759.